The first-order valence-corrected chi connectivity index (χ1v) is 7.34. The predicted molar refractivity (Wildman–Crippen MR) is 75.4 cm³/mol. The second kappa shape index (κ2) is 4.90. The number of para-hydroxylation sites is 1. The maximum atomic E-state index is 12.0. The van der Waals surface area contributed by atoms with Gasteiger partial charge in [-0.2, -0.15) is 0 Å². The van der Waals surface area contributed by atoms with Crippen LogP contribution in [0.1, 0.15) is 35.5 Å². The molecule has 0 atom stereocenters. The first-order chi connectivity index (χ1) is 9.16. The topological polar surface area (TPSA) is 62.2 Å². The number of amides is 1. The number of rotatable bonds is 3. The number of carbonyl (C=O) groups excluding carboxylic acids is 1. The SMILES string of the molecule is O=C(NCC1(O)CCCC1)c1nc2ccccc2s1. The van der Waals surface area contributed by atoms with Crippen LogP contribution in [-0.2, 0) is 0 Å². The first kappa shape index (κ1) is 12.6. The molecule has 19 heavy (non-hydrogen) atoms. The highest BCUT2D eigenvalue weighted by molar-refractivity contribution is 7.20. The van der Waals surface area contributed by atoms with E-state index in [2.05, 4.69) is 10.3 Å². The molecule has 0 saturated heterocycles. The predicted octanol–water partition coefficient (Wildman–Crippen LogP) is 2.33. The van der Waals surface area contributed by atoms with Gasteiger partial charge in [-0.3, -0.25) is 4.79 Å². The Bertz CT molecular complexity index is 569. The van der Waals surface area contributed by atoms with E-state index in [1.165, 1.54) is 11.3 Å². The maximum absolute atomic E-state index is 12.0. The zero-order chi connectivity index (χ0) is 13.3. The van der Waals surface area contributed by atoms with Crippen molar-refractivity contribution in [2.24, 2.45) is 0 Å². The zero-order valence-electron chi connectivity index (χ0n) is 10.6. The summed E-state index contributed by atoms with van der Waals surface area (Å²) in [7, 11) is 0. The highest BCUT2D eigenvalue weighted by atomic mass is 32.1. The Balaban J connectivity index is 1.69. The Kier molecular flexibility index (Phi) is 3.24. The quantitative estimate of drug-likeness (QED) is 0.904. The van der Waals surface area contributed by atoms with E-state index in [9.17, 15) is 9.90 Å². The fraction of sp³-hybridized carbons (Fsp3) is 0.429. The third kappa shape index (κ3) is 2.62. The van der Waals surface area contributed by atoms with Crippen LogP contribution in [0.25, 0.3) is 10.2 Å². The lowest BCUT2D eigenvalue weighted by molar-refractivity contribution is 0.0449. The van der Waals surface area contributed by atoms with Crippen molar-refractivity contribution in [2.45, 2.75) is 31.3 Å². The summed E-state index contributed by atoms with van der Waals surface area (Å²) >= 11 is 1.38. The number of hydrogen-bond acceptors (Lipinski definition) is 4. The number of nitrogens with zero attached hydrogens (tertiary/aromatic N) is 1. The molecule has 2 N–H and O–H groups in total. The van der Waals surface area contributed by atoms with E-state index in [0.717, 1.165) is 35.9 Å². The van der Waals surface area contributed by atoms with Crippen LogP contribution in [0.5, 0.6) is 0 Å². The molecule has 4 nitrogen and oxygen atoms in total. The van der Waals surface area contributed by atoms with E-state index < -0.39 is 5.60 Å². The Hall–Kier alpha value is -1.46. The van der Waals surface area contributed by atoms with Crippen molar-refractivity contribution >= 4 is 27.5 Å². The van der Waals surface area contributed by atoms with Gasteiger partial charge in [0.05, 0.1) is 15.8 Å². The fourth-order valence-electron chi connectivity index (χ4n) is 2.50. The summed E-state index contributed by atoms with van der Waals surface area (Å²) in [6.07, 6.45) is 3.61. The molecule has 0 radical (unpaired) electrons. The molecule has 1 fully saturated rings. The molecule has 3 rings (SSSR count). The maximum Gasteiger partial charge on any atom is 0.280 e. The van der Waals surface area contributed by atoms with Gasteiger partial charge < -0.3 is 10.4 Å². The highest BCUT2D eigenvalue weighted by Crippen LogP contribution is 2.29. The lowest BCUT2D eigenvalue weighted by Crippen LogP contribution is -2.40. The summed E-state index contributed by atoms with van der Waals surface area (Å²) in [5.41, 5.74) is 0.129. The molecule has 1 amide bonds. The second-order valence-corrected chi connectivity index (χ2v) is 6.13. The van der Waals surface area contributed by atoms with Gasteiger partial charge in [-0.1, -0.05) is 25.0 Å². The Morgan fingerprint density at radius 1 is 1.37 bits per heavy atom. The van der Waals surface area contributed by atoms with Crippen molar-refractivity contribution in [3.05, 3.63) is 29.3 Å². The minimum atomic E-state index is -0.716. The Morgan fingerprint density at radius 3 is 2.84 bits per heavy atom. The minimum Gasteiger partial charge on any atom is -0.388 e. The first-order valence-electron chi connectivity index (χ1n) is 6.52. The van der Waals surface area contributed by atoms with Crippen LogP contribution in [-0.4, -0.2) is 28.1 Å². The van der Waals surface area contributed by atoms with E-state index in [0.29, 0.717) is 11.6 Å². The molecule has 0 spiro atoms. The van der Waals surface area contributed by atoms with Crippen molar-refractivity contribution < 1.29 is 9.90 Å². The van der Waals surface area contributed by atoms with Crippen LogP contribution < -0.4 is 5.32 Å². The van der Waals surface area contributed by atoms with E-state index in [1.807, 2.05) is 24.3 Å². The molecule has 0 bridgehead atoms. The summed E-state index contributed by atoms with van der Waals surface area (Å²) in [6, 6.07) is 7.69. The molecular weight excluding hydrogens is 260 g/mol. The van der Waals surface area contributed by atoms with Crippen LogP contribution in [0.3, 0.4) is 0 Å². The molecule has 1 heterocycles. The van der Waals surface area contributed by atoms with Gasteiger partial charge in [-0.15, -0.1) is 11.3 Å². The van der Waals surface area contributed by atoms with E-state index in [-0.39, 0.29) is 5.91 Å². The fourth-order valence-corrected chi connectivity index (χ4v) is 3.38. The lowest BCUT2D eigenvalue weighted by atomic mass is 10.0. The smallest absolute Gasteiger partial charge is 0.280 e. The molecule has 5 heteroatoms. The van der Waals surface area contributed by atoms with Gasteiger partial charge in [0.1, 0.15) is 0 Å². The van der Waals surface area contributed by atoms with Gasteiger partial charge in [-0.25, -0.2) is 4.98 Å². The average Bonchev–Trinajstić information content (AvgIpc) is 3.02. The van der Waals surface area contributed by atoms with E-state index >= 15 is 0 Å². The number of aromatic nitrogens is 1. The van der Waals surface area contributed by atoms with Crippen LogP contribution in [0.15, 0.2) is 24.3 Å². The van der Waals surface area contributed by atoms with Crippen LogP contribution in [0.4, 0.5) is 0 Å². The van der Waals surface area contributed by atoms with Crippen LogP contribution in [0.2, 0.25) is 0 Å². The molecule has 1 aromatic heterocycles. The van der Waals surface area contributed by atoms with Gasteiger partial charge >= 0.3 is 0 Å². The molecule has 1 saturated carbocycles. The largest absolute Gasteiger partial charge is 0.388 e. The van der Waals surface area contributed by atoms with Gasteiger partial charge in [0.15, 0.2) is 5.01 Å². The number of hydrogen-bond donors (Lipinski definition) is 2. The number of fused-ring (bicyclic) bond motifs is 1. The Morgan fingerprint density at radius 2 is 2.11 bits per heavy atom. The molecule has 0 unspecified atom stereocenters. The van der Waals surface area contributed by atoms with Gasteiger partial charge in [0, 0.05) is 6.54 Å². The average molecular weight is 276 g/mol. The van der Waals surface area contributed by atoms with Crippen molar-refractivity contribution in [1.82, 2.24) is 10.3 Å². The minimum absolute atomic E-state index is 0.193. The molecule has 1 aromatic carbocycles. The number of carbonyl (C=O) groups is 1. The van der Waals surface area contributed by atoms with Crippen molar-refractivity contribution in [1.29, 1.82) is 0 Å². The Labute approximate surface area is 115 Å². The molecule has 1 aliphatic rings. The van der Waals surface area contributed by atoms with Gasteiger partial charge in [-0.05, 0) is 25.0 Å². The van der Waals surface area contributed by atoms with Gasteiger partial charge in [0.2, 0.25) is 0 Å². The third-order valence-electron chi connectivity index (χ3n) is 3.60. The summed E-state index contributed by atoms with van der Waals surface area (Å²) in [5.74, 6) is -0.193. The highest BCUT2D eigenvalue weighted by Gasteiger charge is 2.31. The number of thiazole rings is 1. The zero-order valence-corrected chi connectivity index (χ0v) is 11.4. The molecule has 100 valence electrons. The monoisotopic (exact) mass is 276 g/mol. The van der Waals surface area contributed by atoms with Crippen molar-refractivity contribution in [3.8, 4) is 0 Å². The molecule has 0 aliphatic heterocycles. The van der Waals surface area contributed by atoms with Crippen LogP contribution in [0, 0.1) is 0 Å². The van der Waals surface area contributed by atoms with Crippen molar-refractivity contribution in [2.75, 3.05) is 6.54 Å². The summed E-state index contributed by atoms with van der Waals surface area (Å²) in [4.78, 5) is 16.3. The number of benzene rings is 1. The molecular formula is C14H16N2O2S. The van der Waals surface area contributed by atoms with Crippen molar-refractivity contribution in [3.63, 3.8) is 0 Å². The van der Waals surface area contributed by atoms with E-state index in [4.69, 9.17) is 0 Å². The number of aliphatic hydroxyl groups is 1. The molecule has 2 aromatic rings. The van der Waals surface area contributed by atoms with Gasteiger partial charge in [0.25, 0.3) is 5.91 Å². The summed E-state index contributed by atoms with van der Waals surface area (Å²) < 4.78 is 1.01. The second-order valence-electron chi connectivity index (χ2n) is 5.10. The summed E-state index contributed by atoms with van der Waals surface area (Å²) in [5, 5.41) is 13.5. The normalized spacial score (nSPS) is 17.7. The standard InChI is InChI=1S/C14H16N2O2S/c17-12(15-9-14(18)7-3-4-8-14)13-16-10-5-1-2-6-11(10)19-13/h1-2,5-6,18H,3-4,7-9H2,(H,15,17). The van der Waals surface area contributed by atoms with E-state index in [1.54, 1.807) is 0 Å². The molecule has 1 aliphatic carbocycles. The number of nitrogens with one attached hydrogen (secondary N) is 1. The summed E-state index contributed by atoms with van der Waals surface area (Å²) in [6.45, 7) is 0.321. The third-order valence-corrected chi connectivity index (χ3v) is 4.64. The van der Waals surface area contributed by atoms with Crippen LogP contribution >= 0.6 is 11.3 Å². The lowest BCUT2D eigenvalue weighted by Gasteiger charge is -2.21.